The summed E-state index contributed by atoms with van der Waals surface area (Å²) in [4.78, 5) is 0. The van der Waals surface area contributed by atoms with Gasteiger partial charge in [-0.05, 0) is 13.0 Å². The molecule has 24 heavy (non-hydrogen) atoms. The van der Waals surface area contributed by atoms with Crippen LogP contribution in [0, 0.1) is 0 Å². The van der Waals surface area contributed by atoms with Gasteiger partial charge in [-0.2, -0.15) is 0 Å². The molecule has 3 rings (SSSR count). The summed E-state index contributed by atoms with van der Waals surface area (Å²) in [6.07, 6.45) is 3.80. The van der Waals surface area contributed by atoms with Crippen molar-refractivity contribution in [1.29, 1.82) is 0 Å². The molecule has 0 fully saturated rings. The second-order valence-electron chi connectivity index (χ2n) is 5.67. The van der Waals surface area contributed by atoms with Gasteiger partial charge in [0, 0.05) is 16.7 Å². The number of nitrogens with zero attached hydrogens (tertiary/aromatic N) is 1. The van der Waals surface area contributed by atoms with Gasteiger partial charge in [0.2, 0.25) is 0 Å². The zero-order chi connectivity index (χ0) is 17.0. The number of hydrogen-bond donors (Lipinski definition) is 1. The Balaban J connectivity index is 2.17. The molecule has 0 aliphatic rings. The van der Waals surface area contributed by atoms with E-state index in [-0.39, 0.29) is 0 Å². The number of benzene rings is 2. The van der Waals surface area contributed by atoms with Crippen LogP contribution in [0.2, 0.25) is 0 Å². The maximum Gasteiger partial charge on any atom is 0.175 e. The van der Waals surface area contributed by atoms with Crippen molar-refractivity contribution in [3.63, 3.8) is 0 Å². The third-order valence-electron chi connectivity index (χ3n) is 4.17. The smallest absolute Gasteiger partial charge is 0.175 e. The van der Waals surface area contributed by atoms with Gasteiger partial charge in [-0.1, -0.05) is 60.7 Å². The predicted molar refractivity (Wildman–Crippen MR) is 97.0 cm³/mol. The molecule has 0 amide bonds. The minimum absolute atomic E-state index is 0.662. The Labute approximate surface area is 142 Å². The fourth-order valence-corrected chi connectivity index (χ4v) is 5.50. The van der Waals surface area contributed by atoms with Crippen LogP contribution in [0.3, 0.4) is 0 Å². The van der Waals surface area contributed by atoms with Crippen LogP contribution in [0.4, 0.5) is 0 Å². The van der Waals surface area contributed by atoms with Crippen molar-refractivity contribution in [3.8, 4) is 0 Å². The first-order chi connectivity index (χ1) is 11.7. The van der Waals surface area contributed by atoms with Crippen molar-refractivity contribution < 1.29 is 14.2 Å². The van der Waals surface area contributed by atoms with Crippen LogP contribution in [-0.2, 0) is 11.1 Å². The van der Waals surface area contributed by atoms with E-state index in [1.807, 2.05) is 96.7 Å². The van der Waals surface area contributed by atoms with Crippen LogP contribution in [0.1, 0.15) is 18.3 Å². The van der Waals surface area contributed by atoms with Gasteiger partial charge >= 0.3 is 0 Å². The summed E-state index contributed by atoms with van der Waals surface area (Å²) < 4.78 is 16.0. The standard InChI is InChI=1S/C20H21NO2P/c1-2-21-15-9-10-17(16-21)20(22)24(23,18-11-5-3-6-12-18)19-13-7-4-8-14-19/h3-16,20,22H,2H2,1H3/q+1. The van der Waals surface area contributed by atoms with Crippen molar-refractivity contribution in [1.82, 2.24) is 0 Å². The zero-order valence-electron chi connectivity index (χ0n) is 13.6. The molecule has 1 unspecified atom stereocenters. The molecule has 1 heterocycles. The van der Waals surface area contributed by atoms with Crippen LogP contribution in [0.25, 0.3) is 0 Å². The highest BCUT2D eigenvalue weighted by atomic mass is 31.2. The number of aliphatic hydroxyl groups is 1. The maximum absolute atomic E-state index is 14.1. The monoisotopic (exact) mass is 338 g/mol. The number of aryl methyl sites for hydroxylation is 1. The first kappa shape index (κ1) is 16.6. The first-order valence-electron chi connectivity index (χ1n) is 8.04. The van der Waals surface area contributed by atoms with Gasteiger partial charge in [0.05, 0.1) is 5.56 Å². The van der Waals surface area contributed by atoms with Crippen LogP contribution in [0.15, 0.2) is 85.2 Å². The van der Waals surface area contributed by atoms with Crippen molar-refractivity contribution in [3.05, 3.63) is 90.8 Å². The third-order valence-corrected chi connectivity index (χ3v) is 7.29. The summed E-state index contributed by atoms with van der Waals surface area (Å²) >= 11 is 0. The molecule has 1 N–H and O–H groups in total. The lowest BCUT2D eigenvalue weighted by atomic mass is 10.3. The predicted octanol–water partition coefficient (Wildman–Crippen LogP) is 3.00. The van der Waals surface area contributed by atoms with Crippen LogP contribution in [0.5, 0.6) is 0 Å². The molecule has 3 aromatic rings. The Morgan fingerprint density at radius 1 is 0.917 bits per heavy atom. The zero-order valence-corrected chi connectivity index (χ0v) is 14.5. The van der Waals surface area contributed by atoms with E-state index in [2.05, 4.69) is 0 Å². The van der Waals surface area contributed by atoms with E-state index in [1.54, 1.807) is 0 Å². The molecule has 0 spiro atoms. The number of aliphatic hydroxyl groups excluding tert-OH is 1. The van der Waals surface area contributed by atoms with E-state index in [9.17, 15) is 9.67 Å². The summed E-state index contributed by atoms with van der Waals surface area (Å²) in [6, 6.07) is 22.2. The normalized spacial score (nSPS) is 12.8. The van der Waals surface area contributed by atoms with Crippen molar-refractivity contribution in [2.45, 2.75) is 19.3 Å². The summed E-state index contributed by atoms with van der Waals surface area (Å²) in [5, 5.41) is 12.4. The highest BCUT2D eigenvalue weighted by Gasteiger charge is 2.37. The second-order valence-corrected chi connectivity index (χ2v) is 8.51. The SMILES string of the molecule is CC[n+]1cccc(C(O)P(=O)(c2ccccc2)c2ccccc2)c1. The number of pyridine rings is 1. The van der Waals surface area contributed by atoms with E-state index >= 15 is 0 Å². The van der Waals surface area contributed by atoms with E-state index in [0.717, 1.165) is 6.54 Å². The number of rotatable bonds is 5. The Morgan fingerprint density at radius 3 is 1.96 bits per heavy atom. The van der Waals surface area contributed by atoms with Gasteiger partial charge in [-0.15, -0.1) is 0 Å². The second kappa shape index (κ2) is 7.12. The lowest BCUT2D eigenvalue weighted by Crippen LogP contribution is -2.32. The fraction of sp³-hybridized carbons (Fsp3) is 0.150. The molecule has 0 aliphatic heterocycles. The van der Waals surface area contributed by atoms with Crippen LogP contribution < -0.4 is 15.2 Å². The van der Waals surface area contributed by atoms with E-state index in [4.69, 9.17) is 0 Å². The Morgan fingerprint density at radius 2 is 1.46 bits per heavy atom. The van der Waals surface area contributed by atoms with Crippen LogP contribution >= 0.6 is 7.14 Å². The Hall–Kier alpha value is -2.22. The molecule has 0 bridgehead atoms. The van der Waals surface area contributed by atoms with Crippen LogP contribution in [-0.4, -0.2) is 5.11 Å². The van der Waals surface area contributed by atoms with Gasteiger partial charge in [0.15, 0.2) is 19.5 Å². The van der Waals surface area contributed by atoms with Gasteiger partial charge in [-0.25, -0.2) is 4.57 Å². The molecule has 0 radical (unpaired) electrons. The molecular formula is C20H21NO2P+. The minimum Gasteiger partial charge on any atom is -0.380 e. The summed E-state index contributed by atoms with van der Waals surface area (Å²) in [5.74, 6) is -1.08. The first-order valence-corrected chi connectivity index (χ1v) is 9.82. The van der Waals surface area contributed by atoms with E-state index in [0.29, 0.717) is 16.2 Å². The van der Waals surface area contributed by atoms with Gasteiger partial charge in [0.1, 0.15) is 12.4 Å². The Bertz CT molecular complexity index is 806. The largest absolute Gasteiger partial charge is 0.380 e. The molecule has 1 atom stereocenters. The third kappa shape index (κ3) is 3.06. The highest BCUT2D eigenvalue weighted by molar-refractivity contribution is 7.78. The molecule has 0 saturated carbocycles. The van der Waals surface area contributed by atoms with E-state index in [1.165, 1.54) is 0 Å². The highest BCUT2D eigenvalue weighted by Crippen LogP contribution is 2.55. The maximum atomic E-state index is 14.1. The molecule has 1 aromatic heterocycles. The molecule has 4 heteroatoms. The Kier molecular flexibility index (Phi) is 4.94. The molecule has 122 valence electrons. The number of hydrogen-bond acceptors (Lipinski definition) is 2. The lowest BCUT2D eigenvalue weighted by Gasteiger charge is -2.24. The van der Waals surface area contributed by atoms with Crippen molar-refractivity contribution in [2.75, 3.05) is 0 Å². The molecule has 0 aliphatic carbocycles. The topological polar surface area (TPSA) is 41.2 Å². The summed E-state index contributed by atoms with van der Waals surface area (Å²) in [6.45, 7) is 2.83. The molecule has 0 saturated heterocycles. The minimum atomic E-state index is -3.23. The number of aromatic nitrogens is 1. The molecule has 2 aromatic carbocycles. The average Bonchev–Trinajstić information content (AvgIpc) is 2.68. The quantitative estimate of drug-likeness (QED) is 0.574. The molecular weight excluding hydrogens is 317 g/mol. The summed E-state index contributed by atoms with van der Waals surface area (Å²) in [7, 11) is -3.23. The fourth-order valence-electron chi connectivity index (χ4n) is 2.83. The molecule has 3 nitrogen and oxygen atoms in total. The summed E-state index contributed by atoms with van der Waals surface area (Å²) in [5.41, 5.74) is 0.662. The van der Waals surface area contributed by atoms with Gasteiger partial charge < -0.3 is 9.67 Å². The van der Waals surface area contributed by atoms with E-state index < -0.39 is 13.0 Å². The average molecular weight is 338 g/mol. The van der Waals surface area contributed by atoms with Crippen molar-refractivity contribution >= 4 is 17.8 Å². The lowest BCUT2D eigenvalue weighted by molar-refractivity contribution is -0.694. The van der Waals surface area contributed by atoms with Gasteiger partial charge in [0.25, 0.3) is 0 Å². The van der Waals surface area contributed by atoms with Gasteiger partial charge in [-0.3, -0.25) is 0 Å². The van der Waals surface area contributed by atoms with Crippen molar-refractivity contribution in [2.24, 2.45) is 0 Å².